The van der Waals surface area contributed by atoms with Gasteiger partial charge >= 0.3 is 5.97 Å². The Balaban J connectivity index is 1.56. The van der Waals surface area contributed by atoms with Crippen molar-refractivity contribution < 1.29 is 19.0 Å². The van der Waals surface area contributed by atoms with Crippen LogP contribution >= 0.6 is 12.2 Å². The van der Waals surface area contributed by atoms with E-state index in [-0.39, 0.29) is 23.3 Å². The van der Waals surface area contributed by atoms with Gasteiger partial charge in [0.25, 0.3) is 0 Å². The second kappa shape index (κ2) is 9.41. The zero-order valence-electron chi connectivity index (χ0n) is 18.6. The number of nitrogens with one attached hydrogen (secondary N) is 2. The lowest BCUT2D eigenvalue weighted by atomic mass is 9.45. The standard InChI is InChI=1S/C23H34N2O4S/c1-6-29-21(26)16-12-15-13-17(23(15,2)3)20(16)25-22(30)24-10-9-14-7-8-18(27-4)19(11-14)28-5/h7-8,11,15-17,20H,6,9-10,12-13H2,1-5H3,(H2,24,25,30)/t15-,16-,17-,20-/m0/s1. The number of esters is 1. The molecule has 1 aromatic rings. The molecule has 2 N–H and O–H groups in total. The molecule has 4 rings (SSSR count). The van der Waals surface area contributed by atoms with Gasteiger partial charge < -0.3 is 24.8 Å². The normalized spacial score (nSPS) is 26.2. The Hall–Kier alpha value is -2.02. The predicted molar refractivity (Wildman–Crippen MR) is 121 cm³/mol. The number of methoxy groups -OCH3 is 2. The Bertz CT molecular complexity index is 782. The molecule has 3 saturated carbocycles. The van der Waals surface area contributed by atoms with Crippen molar-refractivity contribution in [1.82, 2.24) is 10.6 Å². The van der Waals surface area contributed by atoms with E-state index in [9.17, 15) is 4.79 Å². The Morgan fingerprint density at radius 3 is 2.57 bits per heavy atom. The third-order valence-corrected chi connectivity index (χ3v) is 7.25. The molecule has 4 atom stereocenters. The van der Waals surface area contributed by atoms with Crippen molar-refractivity contribution in [3.8, 4) is 11.5 Å². The van der Waals surface area contributed by atoms with Crippen molar-refractivity contribution in [2.75, 3.05) is 27.4 Å². The van der Waals surface area contributed by atoms with Gasteiger partial charge in [-0.25, -0.2) is 0 Å². The van der Waals surface area contributed by atoms with Crippen molar-refractivity contribution in [2.24, 2.45) is 23.2 Å². The fourth-order valence-electron chi connectivity index (χ4n) is 5.05. The Morgan fingerprint density at radius 2 is 1.93 bits per heavy atom. The van der Waals surface area contributed by atoms with Crippen LogP contribution in [0.15, 0.2) is 18.2 Å². The summed E-state index contributed by atoms with van der Waals surface area (Å²) < 4.78 is 16.0. The Morgan fingerprint density at radius 1 is 1.20 bits per heavy atom. The number of fused-ring (bicyclic) bond motifs is 2. The van der Waals surface area contributed by atoms with Crippen molar-refractivity contribution in [2.45, 2.75) is 46.1 Å². The number of carbonyl (C=O) groups is 1. The van der Waals surface area contributed by atoms with Crippen molar-refractivity contribution in [3.05, 3.63) is 23.8 Å². The molecule has 30 heavy (non-hydrogen) atoms. The van der Waals surface area contributed by atoms with E-state index in [1.54, 1.807) is 14.2 Å². The first-order chi connectivity index (χ1) is 14.3. The van der Waals surface area contributed by atoms with Crippen LogP contribution < -0.4 is 20.1 Å². The monoisotopic (exact) mass is 434 g/mol. The highest BCUT2D eigenvalue weighted by atomic mass is 32.1. The molecular formula is C23H34N2O4S. The van der Waals surface area contributed by atoms with Gasteiger partial charge in [-0.05, 0) is 73.4 Å². The second-order valence-electron chi connectivity index (χ2n) is 8.82. The first kappa shape index (κ1) is 22.7. The van der Waals surface area contributed by atoms with Gasteiger partial charge in [-0.15, -0.1) is 0 Å². The first-order valence-electron chi connectivity index (χ1n) is 10.7. The van der Waals surface area contributed by atoms with Gasteiger partial charge in [0.15, 0.2) is 16.6 Å². The first-order valence-corrected chi connectivity index (χ1v) is 11.1. The summed E-state index contributed by atoms with van der Waals surface area (Å²) in [5, 5.41) is 7.34. The summed E-state index contributed by atoms with van der Waals surface area (Å²) in [4.78, 5) is 12.5. The van der Waals surface area contributed by atoms with Crippen molar-refractivity contribution in [3.63, 3.8) is 0 Å². The number of hydrogen-bond acceptors (Lipinski definition) is 5. The maximum Gasteiger partial charge on any atom is 0.311 e. The molecule has 0 radical (unpaired) electrons. The van der Waals surface area contributed by atoms with E-state index in [2.05, 4.69) is 24.5 Å². The number of thiocarbonyl (C=S) groups is 1. The molecular weight excluding hydrogens is 400 g/mol. The molecule has 3 aliphatic rings. The fraction of sp³-hybridized carbons (Fsp3) is 0.652. The van der Waals surface area contributed by atoms with Crippen LogP contribution in [0.2, 0.25) is 0 Å². The highest BCUT2D eigenvalue weighted by Gasteiger charge is 2.59. The molecule has 0 aromatic heterocycles. The highest BCUT2D eigenvalue weighted by molar-refractivity contribution is 7.80. The van der Waals surface area contributed by atoms with Gasteiger partial charge in [-0.1, -0.05) is 19.9 Å². The SMILES string of the molecule is CCOC(=O)[C@H]1C[C@H]2C[C@@H]([C@H]1NC(=S)NCCc1ccc(OC)c(OC)c1)C2(C)C. The van der Waals surface area contributed by atoms with Gasteiger partial charge in [0.05, 0.1) is 26.7 Å². The Labute approximate surface area is 185 Å². The number of hydrogen-bond donors (Lipinski definition) is 2. The zero-order valence-corrected chi connectivity index (χ0v) is 19.4. The molecule has 0 heterocycles. The van der Waals surface area contributed by atoms with Crippen LogP contribution in [0.5, 0.6) is 11.5 Å². The predicted octanol–water partition coefficient (Wildman–Crippen LogP) is 3.32. The van der Waals surface area contributed by atoms with Crippen LogP contribution in [0, 0.1) is 23.2 Å². The molecule has 3 fully saturated rings. The lowest BCUT2D eigenvalue weighted by Crippen LogP contribution is -2.65. The Kier molecular flexibility index (Phi) is 7.11. The van der Waals surface area contributed by atoms with E-state index in [0.717, 1.165) is 36.3 Å². The van der Waals surface area contributed by atoms with E-state index >= 15 is 0 Å². The van der Waals surface area contributed by atoms with Gasteiger partial charge in [0, 0.05) is 12.6 Å². The van der Waals surface area contributed by atoms with E-state index in [1.165, 1.54) is 0 Å². The number of carbonyl (C=O) groups excluding carboxylic acids is 1. The topological polar surface area (TPSA) is 68.8 Å². The highest BCUT2D eigenvalue weighted by Crippen LogP contribution is 2.60. The van der Waals surface area contributed by atoms with Gasteiger partial charge in [-0.3, -0.25) is 4.79 Å². The summed E-state index contributed by atoms with van der Waals surface area (Å²) in [7, 11) is 3.26. The maximum absolute atomic E-state index is 12.5. The van der Waals surface area contributed by atoms with E-state index in [4.69, 9.17) is 26.4 Å². The summed E-state index contributed by atoms with van der Waals surface area (Å²) >= 11 is 5.57. The third kappa shape index (κ3) is 4.51. The third-order valence-electron chi connectivity index (χ3n) is 6.99. The molecule has 166 valence electrons. The summed E-state index contributed by atoms with van der Waals surface area (Å²) in [6.45, 7) is 7.56. The second-order valence-corrected chi connectivity index (χ2v) is 9.23. The lowest BCUT2D eigenvalue weighted by Gasteiger charge is -2.62. The van der Waals surface area contributed by atoms with Crippen LogP contribution in [0.1, 0.15) is 39.2 Å². The smallest absolute Gasteiger partial charge is 0.311 e. The average molecular weight is 435 g/mol. The summed E-state index contributed by atoms with van der Waals surface area (Å²) in [5.41, 5.74) is 1.36. The van der Waals surface area contributed by atoms with Gasteiger partial charge in [0.1, 0.15) is 0 Å². The molecule has 0 unspecified atom stereocenters. The average Bonchev–Trinajstić information content (AvgIpc) is 2.73. The minimum atomic E-state index is -0.132. The molecule has 0 amide bonds. The quantitative estimate of drug-likeness (QED) is 0.480. The van der Waals surface area contributed by atoms with Crippen LogP contribution in [-0.2, 0) is 16.0 Å². The van der Waals surface area contributed by atoms with Crippen molar-refractivity contribution >= 4 is 23.3 Å². The molecule has 7 heteroatoms. The minimum Gasteiger partial charge on any atom is -0.493 e. The van der Waals surface area contributed by atoms with Crippen LogP contribution in [0.3, 0.4) is 0 Å². The summed E-state index contributed by atoms with van der Waals surface area (Å²) in [5.74, 6) is 2.21. The van der Waals surface area contributed by atoms with Gasteiger partial charge in [-0.2, -0.15) is 0 Å². The summed E-state index contributed by atoms with van der Waals surface area (Å²) in [6, 6.07) is 5.93. The molecule has 0 aliphatic heterocycles. The molecule has 0 saturated heterocycles. The minimum absolute atomic E-state index is 0.0186. The lowest BCUT2D eigenvalue weighted by molar-refractivity contribution is -0.166. The van der Waals surface area contributed by atoms with Gasteiger partial charge in [0.2, 0.25) is 0 Å². The van der Waals surface area contributed by atoms with Crippen LogP contribution in [0.25, 0.3) is 0 Å². The maximum atomic E-state index is 12.5. The largest absolute Gasteiger partial charge is 0.493 e. The number of rotatable bonds is 8. The van der Waals surface area contributed by atoms with E-state index < -0.39 is 0 Å². The molecule has 2 bridgehead atoms. The summed E-state index contributed by atoms with van der Waals surface area (Å²) in [6.07, 6.45) is 2.81. The molecule has 3 aliphatic carbocycles. The van der Waals surface area contributed by atoms with E-state index in [1.807, 2.05) is 25.1 Å². The zero-order chi connectivity index (χ0) is 21.9. The van der Waals surface area contributed by atoms with E-state index in [0.29, 0.717) is 30.1 Å². The number of ether oxygens (including phenoxy) is 3. The molecule has 1 aromatic carbocycles. The molecule has 0 spiro atoms. The van der Waals surface area contributed by atoms with Crippen LogP contribution in [0.4, 0.5) is 0 Å². The molecule has 6 nitrogen and oxygen atoms in total. The number of benzene rings is 1. The fourth-order valence-corrected chi connectivity index (χ4v) is 5.29. The van der Waals surface area contributed by atoms with Crippen molar-refractivity contribution in [1.29, 1.82) is 0 Å². The van der Waals surface area contributed by atoms with Crippen LogP contribution in [-0.4, -0.2) is 44.5 Å².